The van der Waals surface area contributed by atoms with Crippen LogP contribution < -0.4 is 10.1 Å². The van der Waals surface area contributed by atoms with E-state index in [-0.39, 0.29) is 5.91 Å². The SMILES string of the molecule is COc1ccc(CCNC(=O)CSc2ncccn2)cc1. The van der Waals surface area contributed by atoms with Crippen molar-refractivity contribution in [1.29, 1.82) is 0 Å². The number of rotatable bonds is 7. The van der Waals surface area contributed by atoms with E-state index in [1.54, 1.807) is 25.6 Å². The molecule has 0 aliphatic rings. The zero-order valence-electron chi connectivity index (χ0n) is 11.8. The average molecular weight is 303 g/mol. The van der Waals surface area contributed by atoms with Gasteiger partial charge in [-0.2, -0.15) is 0 Å². The summed E-state index contributed by atoms with van der Waals surface area (Å²) in [7, 11) is 1.64. The molecule has 0 atom stereocenters. The Morgan fingerprint density at radius 2 is 1.95 bits per heavy atom. The number of carbonyl (C=O) groups excluding carboxylic acids is 1. The molecule has 0 saturated heterocycles. The van der Waals surface area contributed by atoms with Crippen LogP contribution in [0.4, 0.5) is 0 Å². The third kappa shape index (κ3) is 5.43. The predicted octanol–water partition coefficient (Wildman–Crippen LogP) is 1.94. The lowest BCUT2D eigenvalue weighted by molar-refractivity contribution is -0.118. The summed E-state index contributed by atoms with van der Waals surface area (Å²) in [6, 6.07) is 9.58. The van der Waals surface area contributed by atoms with Gasteiger partial charge in [0.1, 0.15) is 5.75 Å². The second-order valence-corrected chi connectivity index (χ2v) is 5.21. The minimum absolute atomic E-state index is 0.0130. The molecule has 1 aromatic carbocycles. The second kappa shape index (κ2) is 8.26. The fraction of sp³-hybridized carbons (Fsp3) is 0.267. The number of methoxy groups -OCH3 is 1. The van der Waals surface area contributed by atoms with Gasteiger partial charge in [0, 0.05) is 18.9 Å². The first-order valence-electron chi connectivity index (χ1n) is 6.57. The van der Waals surface area contributed by atoms with Gasteiger partial charge in [-0.3, -0.25) is 4.79 Å². The first kappa shape index (κ1) is 15.3. The van der Waals surface area contributed by atoms with Crippen molar-refractivity contribution in [2.45, 2.75) is 11.6 Å². The molecule has 0 spiro atoms. The molecule has 0 fully saturated rings. The van der Waals surface area contributed by atoms with E-state index in [9.17, 15) is 4.79 Å². The Balaban J connectivity index is 1.66. The number of hydrogen-bond acceptors (Lipinski definition) is 5. The zero-order chi connectivity index (χ0) is 14.9. The van der Waals surface area contributed by atoms with Crippen LogP contribution in [0.3, 0.4) is 0 Å². The molecule has 1 amide bonds. The Bertz CT molecular complexity index is 561. The lowest BCUT2D eigenvalue weighted by Crippen LogP contribution is -2.27. The maximum absolute atomic E-state index is 11.7. The molecule has 0 unspecified atom stereocenters. The predicted molar refractivity (Wildman–Crippen MR) is 82.5 cm³/mol. The molecular weight excluding hydrogens is 286 g/mol. The van der Waals surface area contributed by atoms with E-state index < -0.39 is 0 Å². The zero-order valence-corrected chi connectivity index (χ0v) is 12.6. The number of ether oxygens (including phenoxy) is 1. The number of thioether (sulfide) groups is 1. The molecule has 1 aromatic heterocycles. The van der Waals surface area contributed by atoms with Crippen LogP contribution in [0.5, 0.6) is 5.75 Å². The van der Waals surface area contributed by atoms with Gasteiger partial charge in [-0.15, -0.1) is 0 Å². The van der Waals surface area contributed by atoms with Crippen molar-refractivity contribution in [3.05, 3.63) is 48.3 Å². The molecular formula is C15H17N3O2S. The van der Waals surface area contributed by atoms with Gasteiger partial charge in [0.05, 0.1) is 12.9 Å². The molecule has 0 radical (unpaired) electrons. The number of aromatic nitrogens is 2. The van der Waals surface area contributed by atoms with E-state index in [0.29, 0.717) is 17.5 Å². The van der Waals surface area contributed by atoms with E-state index in [4.69, 9.17) is 4.74 Å². The number of carbonyl (C=O) groups is 1. The van der Waals surface area contributed by atoms with Crippen molar-refractivity contribution in [2.75, 3.05) is 19.4 Å². The van der Waals surface area contributed by atoms with Crippen molar-refractivity contribution in [3.8, 4) is 5.75 Å². The van der Waals surface area contributed by atoms with Crippen LogP contribution in [0.1, 0.15) is 5.56 Å². The van der Waals surface area contributed by atoms with Crippen LogP contribution >= 0.6 is 11.8 Å². The van der Waals surface area contributed by atoms with Gasteiger partial charge >= 0.3 is 0 Å². The van der Waals surface area contributed by atoms with E-state index in [2.05, 4.69) is 15.3 Å². The molecule has 0 aliphatic heterocycles. The van der Waals surface area contributed by atoms with E-state index in [0.717, 1.165) is 17.7 Å². The number of benzene rings is 1. The molecule has 21 heavy (non-hydrogen) atoms. The highest BCUT2D eigenvalue weighted by Gasteiger charge is 2.04. The Kier molecular flexibility index (Phi) is 6.02. The van der Waals surface area contributed by atoms with Gasteiger partial charge in [0.25, 0.3) is 0 Å². The molecule has 0 aliphatic carbocycles. The molecule has 6 heteroatoms. The van der Waals surface area contributed by atoms with Crippen LogP contribution in [0.15, 0.2) is 47.9 Å². The largest absolute Gasteiger partial charge is 0.497 e. The van der Waals surface area contributed by atoms with Gasteiger partial charge in [-0.1, -0.05) is 23.9 Å². The Hall–Kier alpha value is -2.08. The first-order chi connectivity index (χ1) is 10.3. The minimum atomic E-state index is -0.0130. The molecule has 0 saturated carbocycles. The minimum Gasteiger partial charge on any atom is -0.497 e. The molecule has 0 bridgehead atoms. The van der Waals surface area contributed by atoms with Crippen molar-refractivity contribution >= 4 is 17.7 Å². The van der Waals surface area contributed by atoms with Crippen LogP contribution in [0, 0.1) is 0 Å². The Morgan fingerprint density at radius 3 is 2.62 bits per heavy atom. The van der Waals surface area contributed by atoms with Gasteiger partial charge in [0.2, 0.25) is 5.91 Å². The second-order valence-electron chi connectivity index (χ2n) is 4.27. The molecule has 5 nitrogen and oxygen atoms in total. The molecule has 110 valence electrons. The number of hydrogen-bond donors (Lipinski definition) is 1. The van der Waals surface area contributed by atoms with Gasteiger partial charge < -0.3 is 10.1 Å². The van der Waals surface area contributed by atoms with Crippen LogP contribution in [-0.2, 0) is 11.2 Å². The fourth-order valence-corrected chi connectivity index (χ4v) is 2.31. The molecule has 2 rings (SSSR count). The molecule has 2 aromatic rings. The van der Waals surface area contributed by atoms with E-state index >= 15 is 0 Å². The lowest BCUT2D eigenvalue weighted by Gasteiger charge is -2.06. The highest BCUT2D eigenvalue weighted by molar-refractivity contribution is 7.99. The quantitative estimate of drug-likeness (QED) is 0.625. The molecule has 1 heterocycles. The van der Waals surface area contributed by atoms with Crippen LogP contribution in [0.2, 0.25) is 0 Å². The number of amides is 1. The summed E-state index contributed by atoms with van der Waals surface area (Å²) in [5, 5.41) is 3.50. The maximum Gasteiger partial charge on any atom is 0.230 e. The monoisotopic (exact) mass is 303 g/mol. The maximum atomic E-state index is 11.7. The van der Waals surface area contributed by atoms with Gasteiger partial charge in [0.15, 0.2) is 5.16 Å². The highest BCUT2D eigenvalue weighted by atomic mass is 32.2. The average Bonchev–Trinajstić information content (AvgIpc) is 2.54. The first-order valence-corrected chi connectivity index (χ1v) is 7.56. The number of nitrogens with zero attached hydrogens (tertiary/aromatic N) is 2. The highest BCUT2D eigenvalue weighted by Crippen LogP contribution is 2.12. The Labute approximate surface area is 128 Å². The third-order valence-electron chi connectivity index (χ3n) is 2.77. The summed E-state index contributed by atoms with van der Waals surface area (Å²) in [4.78, 5) is 19.8. The van der Waals surface area contributed by atoms with Crippen molar-refractivity contribution < 1.29 is 9.53 Å². The summed E-state index contributed by atoms with van der Waals surface area (Å²) < 4.78 is 5.10. The summed E-state index contributed by atoms with van der Waals surface area (Å²) in [6.07, 6.45) is 4.12. The third-order valence-corrected chi connectivity index (χ3v) is 3.64. The van der Waals surface area contributed by atoms with Crippen molar-refractivity contribution in [2.24, 2.45) is 0 Å². The van der Waals surface area contributed by atoms with Crippen LogP contribution in [0.25, 0.3) is 0 Å². The van der Waals surface area contributed by atoms with Gasteiger partial charge in [-0.25, -0.2) is 9.97 Å². The van der Waals surface area contributed by atoms with E-state index in [1.165, 1.54) is 11.8 Å². The molecule has 1 N–H and O–H groups in total. The summed E-state index contributed by atoms with van der Waals surface area (Å²) in [6.45, 7) is 0.612. The van der Waals surface area contributed by atoms with Crippen LogP contribution in [-0.4, -0.2) is 35.3 Å². The fourth-order valence-electron chi connectivity index (χ4n) is 1.68. The summed E-state index contributed by atoms with van der Waals surface area (Å²) >= 11 is 1.33. The summed E-state index contributed by atoms with van der Waals surface area (Å²) in [5.74, 6) is 1.15. The van der Waals surface area contributed by atoms with Crippen molar-refractivity contribution in [3.63, 3.8) is 0 Å². The van der Waals surface area contributed by atoms with Gasteiger partial charge in [-0.05, 0) is 30.2 Å². The smallest absolute Gasteiger partial charge is 0.230 e. The van der Waals surface area contributed by atoms with Crippen molar-refractivity contribution in [1.82, 2.24) is 15.3 Å². The summed E-state index contributed by atoms with van der Waals surface area (Å²) in [5.41, 5.74) is 1.16. The number of nitrogens with one attached hydrogen (secondary N) is 1. The Morgan fingerprint density at radius 1 is 1.24 bits per heavy atom. The normalized spacial score (nSPS) is 10.1. The lowest BCUT2D eigenvalue weighted by atomic mass is 10.1. The van der Waals surface area contributed by atoms with E-state index in [1.807, 2.05) is 24.3 Å². The standard InChI is InChI=1S/C15H17N3O2S/c1-20-13-5-3-12(4-6-13)7-10-16-14(19)11-21-15-17-8-2-9-18-15/h2-6,8-9H,7,10-11H2,1H3,(H,16,19). The topological polar surface area (TPSA) is 64.1 Å².